The summed E-state index contributed by atoms with van der Waals surface area (Å²) < 4.78 is 5.03. The number of anilines is 2. The van der Waals surface area contributed by atoms with Crippen molar-refractivity contribution in [3.63, 3.8) is 0 Å². The minimum Gasteiger partial charge on any atom is -0.497 e. The van der Waals surface area contributed by atoms with Crippen LogP contribution in [0.3, 0.4) is 0 Å². The first-order valence-electron chi connectivity index (χ1n) is 5.92. The molecule has 21 heavy (non-hydrogen) atoms. The number of aromatic nitrogens is 2. The van der Waals surface area contributed by atoms with Crippen molar-refractivity contribution in [2.45, 2.75) is 6.54 Å². The molecule has 0 bridgehead atoms. The van der Waals surface area contributed by atoms with E-state index in [1.807, 2.05) is 0 Å². The van der Waals surface area contributed by atoms with Crippen molar-refractivity contribution in [1.82, 2.24) is 9.97 Å². The molecule has 110 valence electrons. The second-order valence-electron chi connectivity index (χ2n) is 4.11. The molecule has 0 atom stereocenters. The van der Waals surface area contributed by atoms with Crippen LogP contribution >= 0.6 is 0 Å². The van der Waals surface area contributed by atoms with Crippen molar-refractivity contribution in [3.8, 4) is 5.75 Å². The number of benzene rings is 1. The third-order valence-electron chi connectivity index (χ3n) is 2.71. The number of rotatable bonds is 5. The lowest BCUT2D eigenvalue weighted by molar-refractivity contribution is -0.385. The minimum atomic E-state index is -0.898. The first kappa shape index (κ1) is 14.3. The number of hydrogen-bond acceptors (Lipinski definition) is 7. The Bertz CT molecular complexity index is 711. The van der Waals surface area contributed by atoms with Crippen LogP contribution in [0.1, 0.15) is 5.56 Å². The molecule has 0 aliphatic heterocycles. The monoisotopic (exact) mass is 291 g/mol. The Morgan fingerprint density at radius 3 is 2.67 bits per heavy atom. The van der Waals surface area contributed by atoms with E-state index in [2.05, 4.69) is 15.3 Å². The highest BCUT2D eigenvalue weighted by Crippen LogP contribution is 2.18. The summed E-state index contributed by atoms with van der Waals surface area (Å²) in [6.45, 7) is 0.251. The molecule has 1 aromatic carbocycles. The van der Waals surface area contributed by atoms with Gasteiger partial charge in [0.1, 0.15) is 5.75 Å². The lowest BCUT2D eigenvalue weighted by atomic mass is 10.2. The quantitative estimate of drug-likeness (QED) is 0.549. The maximum Gasteiger partial charge on any atom is 0.375 e. The molecule has 2 rings (SSSR count). The van der Waals surface area contributed by atoms with E-state index in [0.717, 1.165) is 5.56 Å². The van der Waals surface area contributed by atoms with E-state index in [1.165, 1.54) is 0 Å². The molecule has 9 nitrogen and oxygen atoms in total. The number of hydrogen-bond donors (Lipinski definition) is 3. The van der Waals surface area contributed by atoms with Gasteiger partial charge in [-0.15, -0.1) is 0 Å². The summed E-state index contributed by atoms with van der Waals surface area (Å²) in [7, 11) is 1.56. The van der Waals surface area contributed by atoms with E-state index in [9.17, 15) is 14.9 Å². The Kier molecular flexibility index (Phi) is 4.02. The molecule has 0 radical (unpaired) electrons. The highest BCUT2D eigenvalue weighted by Gasteiger charge is 2.21. The van der Waals surface area contributed by atoms with Gasteiger partial charge < -0.3 is 15.8 Å². The van der Waals surface area contributed by atoms with Gasteiger partial charge in [0.2, 0.25) is 11.8 Å². The van der Waals surface area contributed by atoms with Crippen LogP contribution in [-0.2, 0) is 6.54 Å². The fraction of sp³-hybridized carbons (Fsp3) is 0.167. The molecule has 2 aromatic rings. The van der Waals surface area contributed by atoms with Crippen LogP contribution in [0.25, 0.3) is 0 Å². The van der Waals surface area contributed by atoms with Gasteiger partial charge in [0.15, 0.2) is 0 Å². The van der Waals surface area contributed by atoms with Gasteiger partial charge in [-0.1, -0.05) is 12.1 Å². The summed E-state index contributed by atoms with van der Waals surface area (Å²) in [4.78, 5) is 27.5. The smallest absolute Gasteiger partial charge is 0.375 e. The Hall–Kier alpha value is -3.10. The molecule has 0 aliphatic carbocycles. The molecule has 0 amide bonds. The highest BCUT2D eigenvalue weighted by atomic mass is 16.6. The molecule has 1 heterocycles. The van der Waals surface area contributed by atoms with E-state index in [1.54, 1.807) is 31.4 Å². The Morgan fingerprint density at radius 2 is 2.10 bits per heavy atom. The summed E-state index contributed by atoms with van der Waals surface area (Å²) in [6.07, 6.45) is 0. The molecule has 0 aliphatic rings. The van der Waals surface area contributed by atoms with Crippen molar-refractivity contribution in [1.29, 1.82) is 0 Å². The predicted octanol–water partition coefficient (Wildman–Crippen LogP) is 0.881. The van der Waals surface area contributed by atoms with E-state index in [-0.39, 0.29) is 18.3 Å². The van der Waals surface area contributed by atoms with Crippen molar-refractivity contribution in [2.75, 3.05) is 18.2 Å². The SMILES string of the molecule is COc1ccc(CNc2nc(N)[nH]c(=O)c2[N+](=O)[O-])cc1. The van der Waals surface area contributed by atoms with Crippen LogP contribution in [0.2, 0.25) is 0 Å². The first-order chi connectivity index (χ1) is 10.0. The van der Waals surface area contributed by atoms with Crippen LogP contribution in [0.4, 0.5) is 17.5 Å². The van der Waals surface area contributed by atoms with Crippen LogP contribution in [-0.4, -0.2) is 22.0 Å². The van der Waals surface area contributed by atoms with Crippen molar-refractivity contribution < 1.29 is 9.66 Å². The molecule has 0 spiro atoms. The summed E-state index contributed by atoms with van der Waals surface area (Å²) in [5.74, 6) is 0.336. The molecule has 9 heteroatoms. The average molecular weight is 291 g/mol. The zero-order valence-electron chi connectivity index (χ0n) is 11.1. The Labute approximate surface area is 118 Å². The normalized spacial score (nSPS) is 10.1. The van der Waals surface area contributed by atoms with Gasteiger partial charge in [-0.05, 0) is 17.7 Å². The third kappa shape index (κ3) is 3.26. The predicted molar refractivity (Wildman–Crippen MR) is 76.2 cm³/mol. The van der Waals surface area contributed by atoms with Gasteiger partial charge in [-0.2, -0.15) is 4.98 Å². The van der Waals surface area contributed by atoms with E-state index >= 15 is 0 Å². The van der Waals surface area contributed by atoms with Crippen molar-refractivity contribution in [2.24, 2.45) is 0 Å². The lowest BCUT2D eigenvalue weighted by Gasteiger charge is -2.07. The van der Waals surface area contributed by atoms with Crippen LogP contribution in [0.15, 0.2) is 29.1 Å². The molecular weight excluding hydrogens is 278 g/mol. The number of nitro groups is 1. The van der Waals surface area contributed by atoms with Gasteiger partial charge >= 0.3 is 11.2 Å². The van der Waals surface area contributed by atoms with Gasteiger partial charge in [0.05, 0.1) is 12.0 Å². The molecule has 4 N–H and O–H groups in total. The number of ether oxygens (including phenoxy) is 1. The zero-order valence-corrected chi connectivity index (χ0v) is 11.1. The summed E-state index contributed by atoms with van der Waals surface area (Å²) in [5.41, 5.74) is 4.66. The maximum atomic E-state index is 11.5. The molecular formula is C12H13N5O4. The van der Waals surface area contributed by atoms with Crippen LogP contribution in [0.5, 0.6) is 5.75 Å². The van der Waals surface area contributed by atoms with Gasteiger partial charge in [-0.3, -0.25) is 19.9 Å². The average Bonchev–Trinajstić information content (AvgIpc) is 2.44. The maximum absolute atomic E-state index is 11.5. The summed E-state index contributed by atoms with van der Waals surface area (Å²) in [6, 6.07) is 7.08. The second kappa shape index (κ2) is 5.90. The minimum absolute atomic E-state index is 0.169. The van der Waals surface area contributed by atoms with Gasteiger partial charge in [0.25, 0.3) is 0 Å². The first-order valence-corrected chi connectivity index (χ1v) is 5.92. The number of methoxy groups -OCH3 is 1. The van der Waals surface area contributed by atoms with E-state index in [0.29, 0.717) is 5.75 Å². The molecule has 0 saturated heterocycles. The van der Waals surface area contributed by atoms with Crippen LogP contribution < -0.4 is 21.3 Å². The Morgan fingerprint density at radius 1 is 1.43 bits per heavy atom. The number of aromatic amines is 1. The number of nitrogens with two attached hydrogens (primary N) is 1. The zero-order chi connectivity index (χ0) is 15.4. The second-order valence-corrected chi connectivity index (χ2v) is 4.11. The standard InChI is InChI=1S/C12H13N5O4/c1-21-8-4-2-7(3-5-8)6-14-10-9(17(19)20)11(18)16-12(13)15-10/h2-5H,6H2,1H3,(H4,13,14,15,16,18). The highest BCUT2D eigenvalue weighted by molar-refractivity contribution is 5.56. The van der Waals surface area contributed by atoms with Crippen molar-refractivity contribution >= 4 is 17.5 Å². The molecule has 0 saturated carbocycles. The fourth-order valence-corrected chi connectivity index (χ4v) is 1.71. The topological polar surface area (TPSA) is 136 Å². The molecule has 0 unspecified atom stereocenters. The van der Waals surface area contributed by atoms with Gasteiger partial charge in [-0.25, -0.2) is 0 Å². The Balaban J connectivity index is 2.22. The van der Waals surface area contributed by atoms with E-state index in [4.69, 9.17) is 10.5 Å². The van der Waals surface area contributed by atoms with Gasteiger partial charge in [0, 0.05) is 6.54 Å². The number of H-pyrrole nitrogens is 1. The fourth-order valence-electron chi connectivity index (χ4n) is 1.71. The lowest BCUT2D eigenvalue weighted by Crippen LogP contribution is -2.18. The molecule has 0 fully saturated rings. The number of nitrogens with zero attached hydrogens (tertiary/aromatic N) is 2. The summed E-state index contributed by atoms with van der Waals surface area (Å²) in [5, 5.41) is 13.6. The van der Waals surface area contributed by atoms with E-state index < -0.39 is 16.2 Å². The molecule has 1 aromatic heterocycles. The van der Waals surface area contributed by atoms with Crippen LogP contribution in [0, 0.1) is 10.1 Å². The largest absolute Gasteiger partial charge is 0.497 e. The van der Waals surface area contributed by atoms with Crippen molar-refractivity contribution in [3.05, 3.63) is 50.3 Å². The summed E-state index contributed by atoms with van der Waals surface area (Å²) >= 11 is 0. The number of nitrogen functional groups attached to an aromatic ring is 1. The third-order valence-corrected chi connectivity index (χ3v) is 2.71. The number of nitrogens with one attached hydrogen (secondary N) is 2.